The molecule has 0 saturated carbocycles. The maximum atomic E-state index is 6.49. The number of benzene rings is 1. The van der Waals surface area contributed by atoms with Crippen LogP contribution in [-0.2, 0) is 4.74 Å². The lowest BCUT2D eigenvalue weighted by Crippen LogP contribution is -2.43. The minimum atomic E-state index is -0.640. The molecule has 3 heterocycles. The Kier molecular flexibility index (Phi) is 6.81. The number of hydrogen-bond acceptors (Lipinski definition) is 8. The van der Waals surface area contributed by atoms with Gasteiger partial charge < -0.3 is 26.4 Å². The summed E-state index contributed by atoms with van der Waals surface area (Å²) >= 11 is 13.9. The SMILES string of the molecule is COC(N)c1sc2nc(NC(C)(C)CN3CCCC3)nc(-c3ccc(Cl)c(Cl)c3)c2c1N. The molecule has 1 atom stereocenters. The largest absolute Gasteiger partial charge is 0.397 e. The second-order valence-corrected chi connectivity index (χ2v) is 10.6. The Labute approximate surface area is 202 Å². The molecule has 0 radical (unpaired) electrons. The summed E-state index contributed by atoms with van der Waals surface area (Å²) in [4.78, 5) is 13.6. The van der Waals surface area contributed by atoms with Crippen molar-refractivity contribution in [2.75, 3.05) is 37.8 Å². The molecule has 1 saturated heterocycles. The number of halogens is 2. The number of nitrogens with zero attached hydrogens (tertiary/aromatic N) is 3. The molecule has 172 valence electrons. The highest BCUT2D eigenvalue weighted by Crippen LogP contribution is 2.42. The molecule has 1 fully saturated rings. The molecule has 32 heavy (non-hydrogen) atoms. The molecule has 3 aromatic rings. The Hall–Kier alpha value is -1.68. The summed E-state index contributed by atoms with van der Waals surface area (Å²) in [6, 6.07) is 5.42. The van der Waals surface area contributed by atoms with E-state index in [1.807, 2.05) is 6.07 Å². The van der Waals surface area contributed by atoms with Crippen LogP contribution in [0.1, 0.15) is 37.8 Å². The number of hydrogen-bond donors (Lipinski definition) is 3. The maximum Gasteiger partial charge on any atom is 0.225 e. The molecule has 0 bridgehead atoms. The molecule has 5 N–H and O–H groups in total. The monoisotopic (exact) mass is 494 g/mol. The third-order valence-electron chi connectivity index (χ3n) is 5.59. The van der Waals surface area contributed by atoms with E-state index in [-0.39, 0.29) is 5.54 Å². The number of aromatic nitrogens is 2. The Bertz CT molecular complexity index is 1130. The first-order valence-electron chi connectivity index (χ1n) is 10.5. The molecule has 1 aliphatic heterocycles. The minimum Gasteiger partial charge on any atom is -0.397 e. The van der Waals surface area contributed by atoms with E-state index in [0.29, 0.717) is 32.3 Å². The van der Waals surface area contributed by atoms with Crippen LogP contribution in [-0.4, -0.2) is 47.2 Å². The number of nitrogen functional groups attached to an aromatic ring is 1. The van der Waals surface area contributed by atoms with E-state index in [9.17, 15) is 0 Å². The van der Waals surface area contributed by atoms with Gasteiger partial charge in [-0.15, -0.1) is 11.3 Å². The van der Waals surface area contributed by atoms with Crippen LogP contribution in [0.5, 0.6) is 0 Å². The maximum absolute atomic E-state index is 6.49. The molecule has 2 aromatic heterocycles. The van der Waals surface area contributed by atoms with Crippen molar-refractivity contribution in [1.29, 1.82) is 0 Å². The summed E-state index contributed by atoms with van der Waals surface area (Å²) in [5.74, 6) is 0.529. The first kappa shape index (κ1) is 23.5. The highest BCUT2D eigenvalue weighted by atomic mass is 35.5. The molecule has 1 aliphatic rings. The van der Waals surface area contributed by atoms with Gasteiger partial charge in [-0.25, -0.2) is 9.97 Å². The van der Waals surface area contributed by atoms with Gasteiger partial charge in [0.15, 0.2) is 0 Å². The number of thiophene rings is 1. The van der Waals surface area contributed by atoms with Crippen molar-refractivity contribution >= 4 is 56.4 Å². The fraction of sp³-hybridized carbons (Fsp3) is 0.455. The second-order valence-electron chi connectivity index (χ2n) is 8.73. The van der Waals surface area contributed by atoms with Gasteiger partial charge in [0, 0.05) is 24.8 Å². The number of nitrogens with two attached hydrogens (primary N) is 2. The number of likely N-dealkylation sites (tertiary alicyclic amines) is 1. The van der Waals surface area contributed by atoms with E-state index in [1.165, 1.54) is 24.2 Å². The van der Waals surface area contributed by atoms with E-state index in [0.717, 1.165) is 35.4 Å². The zero-order valence-electron chi connectivity index (χ0n) is 18.4. The highest BCUT2D eigenvalue weighted by Gasteiger charge is 2.27. The van der Waals surface area contributed by atoms with Crippen LogP contribution in [0.2, 0.25) is 10.0 Å². The topological polar surface area (TPSA) is 102 Å². The molecule has 0 spiro atoms. The summed E-state index contributed by atoms with van der Waals surface area (Å²) in [7, 11) is 1.55. The Morgan fingerprint density at radius 1 is 1.22 bits per heavy atom. The van der Waals surface area contributed by atoms with E-state index in [2.05, 4.69) is 24.1 Å². The van der Waals surface area contributed by atoms with Gasteiger partial charge >= 0.3 is 0 Å². The Balaban J connectivity index is 1.81. The number of methoxy groups -OCH3 is 1. The third-order valence-corrected chi connectivity index (χ3v) is 7.49. The zero-order chi connectivity index (χ0) is 23.0. The standard InChI is InChI=1S/C22H28Cl2N6OS/c1-22(2,11-30-8-4-5-9-30)29-21-27-17(12-6-7-13(23)14(24)10-12)15-16(25)18(19(26)31-3)32-20(15)28-21/h6-7,10,19H,4-5,8-9,11,25-26H2,1-3H3,(H,27,28,29). The molecule has 10 heteroatoms. The first-order chi connectivity index (χ1) is 15.2. The van der Waals surface area contributed by atoms with Crippen molar-refractivity contribution in [3.8, 4) is 11.3 Å². The zero-order valence-corrected chi connectivity index (χ0v) is 20.7. The van der Waals surface area contributed by atoms with Crippen LogP contribution in [0.4, 0.5) is 11.6 Å². The van der Waals surface area contributed by atoms with Crippen molar-refractivity contribution in [1.82, 2.24) is 14.9 Å². The average Bonchev–Trinajstić information content (AvgIpc) is 3.36. The highest BCUT2D eigenvalue weighted by molar-refractivity contribution is 7.19. The number of fused-ring (bicyclic) bond motifs is 1. The van der Waals surface area contributed by atoms with Gasteiger partial charge in [-0.2, -0.15) is 0 Å². The van der Waals surface area contributed by atoms with Crippen LogP contribution in [0.3, 0.4) is 0 Å². The van der Waals surface area contributed by atoms with Crippen LogP contribution < -0.4 is 16.8 Å². The number of nitrogens with one attached hydrogen (secondary N) is 1. The van der Waals surface area contributed by atoms with E-state index in [4.69, 9.17) is 49.4 Å². The van der Waals surface area contributed by atoms with Crippen molar-refractivity contribution in [3.05, 3.63) is 33.1 Å². The summed E-state index contributed by atoms with van der Waals surface area (Å²) in [6.45, 7) is 7.47. The fourth-order valence-corrected chi connectivity index (χ4v) is 5.48. The van der Waals surface area contributed by atoms with Gasteiger partial charge in [0.1, 0.15) is 11.1 Å². The second kappa shape index (κ2) is 9.29. The minimum absolute atomic E-state index is 0.221. The van der Waals surface area contributed by atoms with E-state index in [1.54, 1.807) is 19.2 Å². The van der Waals surface area contributed by atoms with Crippen LogP contribution in [0.15, 0.2) is 18.2 Å². The molecule has 1 aromatic carbocycles. The lowest BCUT2D eigenvalue weighted by atomic mass is 10.1. The van der Waals surface area contributed by atoms with Gasteiger partial charge in [-0.3, -0.25) is 0 Å². The summed E-state index contributed by atoms with van der Waals surface area (Å²) < 4.78 is 5.31. The Morgan fingerprint density at radius 2 is 1.94 bits per heavy atom. The van der Waals surface area contributed by atoms with Crippen LogP contribution in [0.25, 0.3) is 21.5 Å². The van der Waals surface area contributed by atoms with Crippen molar-refractivity contribution in [2.45, 2.75) is 38.5 Å². The average molecular weight is 495 g/mol. The van der Waals surface area contributed by atoms with E-state index >= 15 is 0 Å². The van der Waals surface area contributed by atoms with Gasteiger partial charge in [0.05, 0.1) is 31.7 Å². The molecule has 0 amide bonds. The molecule has 1 unspecified atom stereocenters. The third kappa shape index (κ3) is 4.81. The lowest BCUT2D eigenvalue weighted by molar-refractivity contribution is 0.113. The van der Waals surface area contributed by atoms with Gasteiger partial charge in [-0.05, 0) is 51.9 Å². The smallest absolute Gasteiger partial charge is 0.225 e. The molecule has 4 rings (SSSR count). The van der Waals surface area contributed by atoms with E-state index < -0.39 is 6.23 Å². The van der Waals surface area contributed by atoms with Crippen molar-refractivity contribution in [2.24, 2.45) is 5.73 Å². The van der Waals surface area contributed by atoms with Crippen molar-refractivity contribution in [3.63, 3.8) is 0 Å². The predicted octanol–water partition coefficient (Wildman–Crippen LogP) is 5.14. The summed E-state index contributed by atoms with van der Waals surface area (Å²) in [5, 5.41) is 5.19. The molecule has 7 nitrogen and oxygen atoms in total. The molecular formula is C22H28Cl2N6OS. The Morgan fingerprint density at radius 3 is 2.59 bits per heavy atom. The summed E-state index contributed by atoms with van der Waals surface area (Å²) in [6.07, 6.45) is 1.85. The lowest BCUT2D eigenvalue weighted by Gasteiger charge is -2.31. The van der Waals surface area contributed by atoms with Gasteiger partial charge in [0.2, 0.25) is 5.95 Å². The fourth-order valence-electron chi connectivity index (χ4n) is 4.11. The van der Waals surface area contributed by atoms with Crippen LogP contribution in [0, 0.1) is 0 Å². The summed E-state index contributed by atoms with van der Waals surface area (Å²) in [5.41, 5.74) is 14.4. The molecular weight excluding hydrogens is 467 g/mol. The number of rotatable bonds is 7. The number of anilines is 2. The predicted molar refractivity (Wildman–Crippen MR) is 135 cm³/mol. The quantitative estimate of drug-likeness (QED) is 0.390. The normalized spacial score (nSPS) is 16.1. The van der Waals surface area contributed by atoms with Crippen LogP contribution >= 0.6 is 34.5 Å². The number of ether oxygens (including phenoxy) is 1. The van der Waals surface area contributed by atoms with Crippen molar-refractivity contribution < 1.29 is 4.74 Å². The first-order valence-corrected chi connectivity index (χ1v) is 12.1. The van der Waals surface area contributed by atoms with Gasteiger partial charge in [0.25, 0.3) is 0 Å². The van der Waals surface area contributed by atoms with Gasteiger partial charge in [-0.1, -0.05) is 29.3 Å². The molecule has 0 aliphatic carbocycles.